The van der Waals surface area contributed by atoms with Gasteiger partial charge in [-0.2, -0.15) is 5.10 Å². The number of hydrogen-bond donors (Lipinski definition) is 1. The van der Waals surface area contributed by atoms with Crippen LogP contribution >= 0.6 is 0 Å². The molecule has 96 valence electrons. The maximum Gasteiger partial charge on any atom is 0.138 e. The quantitative estimate of drug-likeness (QED) is 0.876. The lowest BCUT2D eigenvalue weighted by atomic mass is 10.0. The highest BCUT2D eigenvalue weighted by molar-refractivity contribution is 5.24. The van der Waals surface area contributed by atoms with Gasteiger partial charge in [-0.05, 0) is 26.5 Å². The Morgan fingerprint density at radius 3 is 2.61 bits per heavy atom. The van der Waals surface area contributed by atoms with Crippen molar-refractivity contribution < 1.29 is 0 Å². The zero-order valence-electron chi connectivity index (χ0n) is 11.2. The minimum Gasteiger partial charge on any atom is -0.313 e. The molecule has 0 saturated heterocycles. The van der Waals surface area contributed by atoms with E-state index in [9.17, 15) is 0 Å². The van der Waals surface area contributed by atoms with Crippen molar-refractivity contribution in [3.05, 3.63) is 47.5 Å². The number of aromatic nitrogens is 3. The highest BCUT2D eigenvalue weighted by Gasteiger charge is 2.13. The Hall–Kier alpha value is -1.68. The SMILES string of the molecule is CCn1ncnc1CC(NC)c1ccc(C)cc1. The number of hydrogen-bond acceptors (Lipinski definition) is 3. The second-order valence-corrected chi connectivity index (χ2v) is 4.45. The van der Waals surface area contributed by atoms with Gasteiger partial charge in [0.1, 0.15) is 12.2 Å². The molecule has 1 aromatic carbocycles. The fourth-order valence-corrected chi connectivity index (χ4v) is 2.08. The summed E-state index contributed by atoms with van der Waals surface area (Å²) >= 11 is 0. The van der Waals surface area contributed by atoms with E-state index < -0.39 is 0 Å². The highest BCUT2D eigenvalue weighted by atomic mass is 15.3. The van der Waals surface area contributed by atoms with Crippen LogP contribution in [0.5, 0.6) is 0 Å². The number of rotatable bonds is 5. The third-order valence-electron chi connectivity index (χ3n) is 3.21. The summed E-state index contributed by atoms with van der Waals surface area (Å²) in [5.41, 5.74) is 2.57. The summed E-state index contributed by atoms with van der Waals surface area (Å²) in [4.78, 5) is 4.33. The van der Waals surface area contributed by atoms with Crippen molar-refractivity contribution in [3.63, 3.8) is 0 Å². The van der Waals surface area contributed by atoms with Crippen molar-refractivity contribution in [2.75, 3.05) is 7.05 Å². The third kappa shape index (κ3) is 2.76. The van der Waals surface area contributed by atoms with E-state index in [0.717, 1.165) is 18.8 Å². The Bertz CT molecular complexity index is 487. The van der Waals surface area contributed by atoms with Crippen molar-refractivity contribution in [1.82, 2.24) is 20.1 Å². The van der Waals surface area contributed by atoms with Crippen molar-refractivity contribution >= 4 is 0 Å². The first-order valence-electron chi connectivity index (χ1n) is 6.35. The fraction of sp³-hybridized carbons (Fsp3) is 0.429. The van der Waals surface area contributed by atoms with Crippen LogP contribution in [0, 0.1) is 6.92 Å². The molecule has 0 bridgehead atoms. The summed E-state index contributed by atoms with van der Waals surface area (Å²) in [7, 11) is 1.98. The summed E-state index contributed by atoms with van der Waals surface area (Å²) in [6.45, 7) is 5.05. The predicted molar refractivity (Wildman–Crippen MR) is 72.4 cm³/mol. The Balaban J connectivity index is 2.17. The van der Waals surface area contributed by atoms with Crippen LogP contribution in [-0.4, -0.2) is 21.8 Å². The number of aryl methyl sites for hydroxylation is 2. The molecule has 18 heavy (non-hydrogen) atoms. The summed E-state index contributed by atoms with van der Waals surface area (Å²) in [5.74, 6) is 1.03. The van der Waals surface area contributed by atoms with Gasteiger partial charge < -0.3 is 5.32 Å². The Labute approximate surface area is 108 Å². The van der Waals surface area contributed by atoms with Gasteiger partial charge in [-0.25, -0.2) is 4.98 Å². The molecule has 4 nitrogen and oxygen atoms in total. The molecule has 1 atom stereocenters. The Kier molecular flexibility index (Phi) is 4.10. The van der Waals surface area contributed by atoms with E-state index in [0.29, 0.717) is 0 Å². The molecule has 4 heteroatoms. The van der Waals surface area contributed by atoms with E-state index in [1.54, 1.807) is 6.33 Å². The van der Waals surface area contributed by atoms with Crippen LogP contribution in [0.3, 0.4) is 0 Å². The van der Waals surface area contributed by atoms with Crippen LogP contribution in [0.2, 0.25) is 0 Å². The molecule has 1 N–H and O–H groups in total. The van der Waals surface area contributed by atoms with Gasteiger partial charge in [0.25, 0.3) is 0 Å². The second kappa shape index (κ2) is 5.78. The highest BCUT2D eigenvalue weighted by Crippen LogP contribution is 2.17. The Morgan fingerprint density at radius 2 is 2.00 bits per heavy atom. The number of likely N-dealkylation sites (N-methyl/N-ethyl adjacent to an activating group) is 1. The molecule has 2 aromatic rings. The standard InChI is InChI=1S/C14H20N4/c1-4-18-14(16-10-17-18)9-13(15-3)12-7-5-11(2)6-8-12/h5-8,10,13,15H,4,9H2,1-3H3. The molecule has 0 radical (unpaired) electrons. The van der Waals surface area contributed by atoms with E-state index in [4.69, 9.17) is 0 Å². The average Bonchev–Trinajstić information content (AvgIpc) is 2.84. The summed E-state index contributed by atoms with van der Waals surface area (Å²) < 4.78 is 1.94. The topological polar surface area (TPSA) is 42.7 Å². The molecule has 0 aliphatic carbocycles. The van der Waals surface area contributed by atoms with Gasteiger partial charge in [0.05, 0.1) is 0 Å². The van der Waals surface area contributed by atoms with Crippen LogP contribution < -0.4 is 5.32 Å². The minimum absolute atomic E-state index is 0.278. The van der Waals surface area contributed by atoms with E-state index in [1.807, 2.05) is 11.7 Å². The van der Waals surface area contributed by atoms with Crippen LogP contribution in [0.15, 0.2) is 30.6 Å². The minimum atomic E-state index is 0.278. The molecular weight excluding hydrogens is 224 g/mol. The van der Waals surface area contributed by atoms with Crippen molar-refractivity contribution in [3.8, 4) is 0 Å². The molecule has 0 aliphatic rings. The molecule has 0 amide bonds. The van der Waals surface area contributed by atoms with Gasteiger partial charge in [-0.1, -0.05) is 29.8 Å². The summed E-state index contributed by atoms with van der Waals surface area (Å²) in [5, 5.41) is 7.55. The zero-order chi connectivity index (χ0) is 13.0. The van der Waals surface area contributed by atoms with Crippen LogP contribution in [-0.2, 0) is 13.0 Å². The molecule has 1 unspecified atom stereocenters. The van der Waals surface area contributed by atoms with Gasteiger partial charge in [0, 0.05) is 19.0 Å². The lowest BCUT2D eigenvalue weighted by molar-refractivity contribution is 0.533. The lowest BCUT2D eigenvalue weighted by Gasteiger charge is -2.16. The van der Waals surface area contributed by atoms with Gasteiger partial charge in [-0.3, -0.25) is 4.68 Å². The average molecular weight is 244 g/mol. The van der Waals surface area contributed by atoms with Crippen molar-refractivity contribution in [2.24, 2.45) is 0 Å². The Morgan fingerprint density at radius 1 is 1.28 bits per heavy atom. The molecule has 0 spiro atoms. The first-order chi connectivity index (χ1) is 8.74. The molecule has 0 fully saturated rings. The predicted octanol–water partition coefficient (Wildman–Crippen LogP) is 2.11. The van der Waals surface area contributed by atoms with Crippen LogP contribution in [0.25, 0.3) is 0 Å². The van der Waals surface area contributed by atoms with Gasteiger partial charge in [0.15, 0.2) is 0 Å². The van der Waals surface area contributed by atoms with Crippen molar-refractivity contribution in [1.29, 1.82) is 0 Å². The lowest BCUT2D eigenvalue weighted by Crippen LogP contribution is -2.21. The molecule has 1 heterocycles. The smallest absolute Gasteiger partial charge is 0.138 e. The van der Waals surface area contributed by atoms with E-state index >= 15 is 0 Å². The maximum absolute atomic E-state index is 4.33. The van der Waals surface area contributed by atoms with Crippen molar-refractivity contribution in [2.45, 2.75) is 32.9 Å². The molecule has 0 saturated carbocycles. The zero-order valence-corrected chi connectivity index (χ0v) is 11.2. The largest absolute Gasteiger partial charge is 0.313 e. The van der Waals surface area contributed by atoms with Gasteiger partial charge >= 0.3 is 0 Å². The monoisotopic (exact) mass is 244 g/mol. The first kappa shape index (κ1) is 12.8. The van der Waals surface area contributed by atoms with Gasteiger partial charge in [0.2, 0.25) is 0 Å². The van der Waals surface area contributed by atoms with Crippen LogP contribution in [0.4, 0.5) is 0 Å². The molecule has 2 rings (SSSR count). The summed E-state index contributed by atoms with van der Waals surface area (Å²) in [6, 6.07) is 8.90. The normalized spacial score (nSPS) is 12.6. The van der Waals surface area contributed by atoms with E-state index in [2.05, 4.69) is 53.5 Å². The van der Waals surface area contributed by atoms with E-state index in [-0.39, 0.29) is 6.04 Å². The fourth-order valence-electron chi connectivity index (χ4n) is 2.08. The molecular formula is C14H20N4. The first-order valence-corrected chi connectivity index (χ1v) is 6.35. The van der Waals surface area contributed by atoms with Crippen LogP contribution in [0.1, 0.15) is 29.9 Å². The number of nitrogens with one attached hydrogen (secondary N) is 1. The molecule has 0 aliphatic heterocycles. The van der Waals surface area contributed by atoms with Gasteiger partial charge in [-0.15, -0.1) is 0 Å². The maximum atomic E-state index is 4.33. The summed E-state index contributed by atoms with van der Waals surface area (Å²) in [6.07, 6.45) is 2.48. The number of benzene rings is 1. The second-order valence-electron chi connectivity index (χ2n) is 4.45. The molecule has 1 aromatic heterocycles. The third-order valence-corrected chi connectivity index (χ3v) is 3.21. The van der Waals surface area contributed by atoms with E-state index in [1.165, 1.54) is 11.1 Å². The number of nitrogens with zero attached hydrogens (tertiary/aromatic N) is 3.